The lowest BCUT2D eigenvalue weighted by molar-refractivity contribution is 0.247. The Bertz CT molecular complexity index is 250. The van der Waals surface area contributed by atoms with Gasteiger partial charge < -0.3 is 5.32 Å². The van der Waals surface area contributed by atoms with Crippen LogP contribution in [-0.2, 0) is 6.54 Å². The zero-order chi connectivity index (χ0) is 8.81. The summed E-state index contributed by atoms with van der Waals surface area (Å²) in [6, 6.07) is 9.60. The van der Waals surface area contributed by atoms with E-state index < -0.39 is 0 Å². The van der Waals surface area contributed by atoms with Crippen LogP contribution in [0.15, 0.2) is 30.3 Å². The number of nitrogens with one attached hydrogen (secondary N) is 2. The third kappa shape index (κ3) is 3.08. The molecule has 0 saturated heterocycles. The summed E-state index contributed by atoms with van der Waals surface area (Å²) in [5.41, 5.74) is 1.09. The molecule has 0 aromatic heterocycles. The van der Waals surface area contributed by atoms with Gasteiger partial charge in [-0.2, -0.15) is 0 Å². The Morgan fingerprint density at radius 2 is 2.00 bits per heavy atom. The van der Waals surface area contributed by atoms with Crippen LogP contribution >= 0.6 is 22.9 Å². The van der Waals surface area contributed by atoms with Crippen molar-refractivity contribution in [2.45, 2.75) is 6.54 Å². The molecule has 2 amide bonds. The highest BCUT2D eigenvalue weighted by Gasteiger charge is 1.95. The van der Waals surface area contributed by atoms with E-state index in [0.29, 0.717) is 6.54 Å². The van der Waals surface area contributed by atoms with Crippen molar-refractivity contribution in [2.24, 2.45) is 0 Å². The van der Waals surface area contributed by atoms with Crippen molar-refractivity contribution in [3.05, 3.63) is 35.9 Å². The molecule has 0 heterocycles. The van der Waals surface area contributed by atoms with Gasteiger partial charge in [0.1, 0.15) is 0 Å². The standard InChI is InChI=1S/C8H9IN2O/c9-11-8(12)10-6-7-4-2-1-3-5-7/h1-5H,6H2,(H2,10,11,12). The van der Waals surface area contributed by atoms with E-state index in [-0.39, 0.29) is 6.03 Å². The smallest absolute Gasteiger partial charge is 0.323 e. The van der Waals surface area contributed by atoms with E-state index in [0.717, 1.165) is 5.56 Å². The summed E-state index contributed by atoms with van der Waals surface area (Å²) < 4.78 is 2.46. The van der Waals surface area contributed by atoms with Crippen LogP contribution in [-0.4, -0.2) is 6.03 Å². The van der Waals surface area contributed by atoms with E-state index in [1.807, 2.05) is 30.3 Å². The quantitative estimate of drug-likeness (QED) is 0.628. The maximum atomic E-state index is 10.8. The van der Waals surface area contributed by atoms with Crippen molar-refractivity contribution >= 4 is 28.9 Å². The van der Waals surface area contributed by atoms with Crippen molar-refractivity contribution in [3.8, 4) is 0 Å². The average Bonchev–Trinajstić information content (AvgIpc) is 2.16. The molecule has 0 aliphatic carbocycles. The maximum absolute atomic E-state index is 10.8. The van der Waals surface area contributed by atoms with E-state index in [2.05, 4.69) is 8.85 Å². The minimum absolute atomic E-state index is 0.167. The Kier molecular flexibility index (Phi) is 3.86. The molecule has 0 aliphatic heterocycles. The highest BCUT2D eigenvalue weighted by atomic mass is 127. The van der Waals surface area contributed by atoms with E-state index in [1.54, 1.807) is 22.9 Å². The molecule has 0 bridgehead atoms. The summed E-state index contributed by atoms with van der Waals surface area (Å²) in [5, 5.41) is 2.69. The fraction of sp³-hybridized carbons (Fsp3) is 0.125. The average molecular weight is 276 g/mol. The number of amides is 2. The van der Waals surface area contributed by atoms with Crippen LogP contribution in [0.3, 0.4) is 0 Å². The molecule has 1 aromatic rings. The second-order valence-electron chi connectivity index (χ2n) is 2.26. The van der Waals surface area contributed by atoms with Crippen LogP contribution in [0.2, 0.25) is 0 Å². The van der Waals surface area contributed by atoms with Crippen LogP contribution in [0.25, 0.3) is 0 Å². The predicted octanol–water partition coefficient (Wildman–Crippen LogP) is 1.84. The first-order chi connectivity index (χ1) is 5.83. The minimum atomic E-state index is -0.167. The number of carbonyl (C=O) groups excluding carboxylic acids is 1. The number of urea groups is 1. The van der Waals surface area contributed by atoms with Gasteiger partial charge >= 0.3 is 6.03 Å². The summed E-state index contributed by atoms with van der Waals surface area (Å²) in [5.74, 6) is 0. The third-order valence-electron chi connectivity index (χ3n) is 1.38. The molecule has 64 valence electrons. The van der Waals surface area contributed by atoms with Crippen molar-refractivity contribution in [3.63, 3.8) is 0 Å². The van der Waals surface area contributed by atoms with E-state index in [4.69, 9.17) is 0 Å². The highest BCUT2D eigenvalue weighted by molar-refractivity contribution is 14.1. The lowest BCUT2D eigenvalue weighted by Gasteiger charge is -2.02. The fourth-order valence-corrected chi connectivity index (χ4v) is 1.00. The molecule has 1 rings (SSSR count). The summed E-state index contributed by atoms with van der Waals surface area (Å²) in [7, 11) is 0. The number of carbonyl (C=O) groups is 1. The number of halogens is 1. The third-order valence-corrected chi connectivity index (χ3v) is 1.87. The molecule has 2 N–H and O–H groups in total. The van der Waals surface area contributed by atoms with Crippen LogP contribution in [0.5, 0.6) is 0 Å². The second kappa shape index (κ2) is 4.97. The number of hydrogen-bond donors (Lipinski definition) is 2. The maximum Gasteiger partial charge on any atom is 0.323 e. The lowest BCUT2D eigenvalue weighted by atomic mass is 10.2. The Hall–Kier alpha value is -0.780. The van der Waals surface area contributed by atoms with Crippen LogP contribution < -0.4 is 8.85 Å². The van der Waals surface area contributed by atoms with E-state index >= 15 is 0 Å². The normalized spacial score (nSPS) is 9.08. The first-order valence-corrected chi connectivity index (χ1v) is 4.59. The lowest BCUT2D eigenvalue weighted by Crippen LogP contribution is -2.28. The Morgan fingerprint density at radius 1 is 1.33 bits per heavy atom. The molecule has 0 fully saturated rings. The van der Waals surface area contributed by atoms with Crippen molar-refractivity contribution in [2.75, 3.05) is 0 Å². The van der Waals surface area contributed by atoms with Crippen molar-refractivity contribution in [1.82, 2.24) is 8.85 Å². The first-order valence-electron chi connectivity index (χ1n) is 3.51. The number of rotatable bonds is 2. The minimum Gasteiger partial charge on any atom is -0.333 e. The van der Waals surface area contributed by atoms with Gasteiger partial charge in [-0.25, -0.2) is 4.79 Å². The molecule has 0 unspecified atom stereocenters. The topological polar surface area (TPSA) is 41.1 Å². The molecule has 0 atom stereocenters. The van der Waals surface area contributed by atoms with Gasteiger partial charge in [0.15, 0.2) is 0 Å². The molecular formula is C8H9IN2O. The summed E-state index contributed by atoms with van der Waals surface area (Å²) in [4.78, 5) is 10.8. The monoisotopic (exact) mass is 276 g/mol. The fourth-order valence-electron chi connectivity index (χ4n) is 0.812. The van der Waals surface area contributed by atoms with Gasteiger partial charge in [0, 0.05) is 6.54 Å². The van der Waals surface area contributed by atoms with E-state index in [1.165, 1.54) is 0 Å². The van der Waals surface area contributed by atoms with Gasteiger partial charge in [-0.3, -0.25) is 3.53 Å². The SMILES string of the molecule is O=C(NI)NCc1ccccc1. The Morgan fingerprint density at radius 3 is 2.58 bits per heavy atom. The molecule has 0 radical (unpaired) electrons. The molecule has 3 nitrogen and oxygen atoms in total. The summed E-state index contributed by atoms with van der Waals surface area (Å²) >= 11 is 1.79. The van der Waals surface area contributed by atoms with Gasteiger partial charge in [0.05, 0.1) is 22.9 Å². The predicted molar refractivity (Wildman–Crippen MR) is 55.8 cm³/mol. The van der Waals surface area contributed by atoms with Gasteiger partial charge in [-0.15, -0.1) is 0 Å². The highest BCUT2D eigenvalue weighted by Crippen LogP contribution is 1.96. The van der Waals surface area contributed by atoms with Gasteiger partial charge in [0.25, 0.3) is 0 Å². The molecule has 12 heavy (non-hydrogen) atoms. The second-order valence-corrected chi connectivity index (χ2v) is 2.80. The van der Waals surface area contributed by atoms with Gasteiger partial charge in [-0.1, -0.05) is 30.3 Å². The summed E-state index contributed by atoms with van der Waals surface area (Å²) in [6.07, 6.45) is 0. The molecule has 0 spiro atoms. The molecular weight excluding hydrogens is 267 g/mol. The van der Waals surface area contributed by atoms with Crippen molar-refractivity contribution in [1.29, 1.82) is 0 Å². The Balaban J connectivity index is 2.38. The zero-order valence-corrected chi connectivity index (χ0v) is 8.54. The molecule has 1 aromatic carbocycles. The van der Waals surface area contributed by atoms with Crippen molar-refractivity contribution < 1.29 is 4.79 Å². The first kappa shape index (κ1) is 9.31. The molecule has 4 heteroatoms. The van der Waals surface area contributed by atoms with E-state index in [9.17, 15) is 4.79 Å². The number of hydrogen-bond acceptors (Lipinski definition) is 1. The molecule has 0 saturated carbocycles. The Labute approximate surface area is 85.0 Å². The van der Waals surface area contributed by atoms with Crippen LogP contribution in [0.4, 0.5) is 4.79 Å². The van der Waals surface area contributed by atoms with Gasteiger partial charge in [-0.05, 0) is 5.56 Å². The van der Waals surface area contributed by atoms with Crippen LogP contribution in [0.1, 0.15) is 5.56 Å². The molecule has 0 aliphatic rings. The summed E-state index contributed by atoms with van der Waals surface area (Å²) in [6.45, 7) is 0.565. The van der Waals surface area contributed by atoms with Crippen LogP contribution in [0, 0.1) is 0 Å². The number of benzene rings is 1. The zero-order valence-electron chi connectivity index (χ0n) is 6.38. The largest absolute Gasteiger partial charge is 0.333 e. The van der Waals surface area contributed by atoms with Gasteiger partial charge in [0.2, 0.25) is 0 Å².